The van der Waals surface area contributed by atoms with Gasteiger partial charge in [0.05, 0.1) is 12.7 Å². The van der Waals surface area contributed by atoms with Crippen molar-refractivity contribution in [3.8, 4) is 0 Å². The summed E-state index contributed by atoms with van der Waals surface area (Å²) in [5.41, 5.74) is 5.33. The van der Waals surface area contributed by atoms with E-state index < -0.39 is 0 Å². The highest BCUT2D eigenvalue weighted by Crippen LogP contribution is 2.25. The molecule has 0 bridgehead atoms. The maximum atomic E-state index is 5.75. The Hall–Kier alpha value is -0.340. The van der Waals surface area contributed by atoms with Crippen LogP contribution in [0.5, 0.6) is 0 Å². The summed E-state index contributed by atoms with van der Waals surface area (Å²) in [6, 6.07) is 0. The van der Waals surface area contributed by atoms with Crippen LogP contribution >= 0.6 is 0 Å². The normalized spacial score (nSPS) is 29.7. The summed E-state index contributed by atoms with van der Waals surface area (Å²) in [7, 11) is 0. The monoisotopic (exact) mass is 183 g/mol. The van der Waals surface area contributed by atoms with Crippen LogP contribution in [0.15, 0.2) is 12.2 Å². The molecule has 0 heterocycles. The van der Waals surface area contributed by atoms with Crippen LogP contribution in [0.4, 0.5) is 0 Å². The number of ether oxygens (including phenoxy) is 1. The summed E-state index contributed by atoms with van der Waals surface area (Å²) in [4.78, 5) is 0. The van der Waals surface area contributed by atoms with Crippen molar-refractivity contribution in [2.45, 2.75) is 38.7 Å². The smallest absolute Gasteiger partial charge is 0.0651 e. The standard InChI is InChI=1S/C11H21NO/c1-10-6-2-3-7-11(10)13-9-5-4-8-12/h4-5,10-11H,2-3,6-9,12H2,1H3. The van der Waals surface area contributed by atoms with Crippen LogP contribution in [-0.4, -0.2) is 19.3 Å². The van der Waals surface area contributed by atoms with E-state index >= 15 is 0 Å². The maximum Gasteiger partial charge on any atom is 0.0651 e. The zero-order chi connectivity index (χ0) is 9.52. The van der Waals surface area contributed by atoms with Gasteiger partial charge in [-0.1, -0.05) is 31.9 Å². The van der Waals surface area contributed by atoms with Gasteiger partial charge in [0, 0.05) is 6.54 Å². The minimum atomic E-state index is 0.483. The Morgan fingerprint density at radius 1 is 1.31 bits per heavy atom. The van der Waals surface area contributed by atoms with Crippen molar-refractivity contribution in [2.24, 2.45) is 11.7 Å². The van der Waals surface area contributed by atoms with Gasteiger partial charge in [0.25, 0.3) is 0 Å². The summed E-state index contributed by atoms with van der Waals surface area (Å²) in [6.07, 6.45) is 9.71. The van der Waals surface area contributed by atoms with Gasteiger partial charge in [-0.15, -0.1) is 0 Å². The molecule has 2 nitrogen and oxygen atoms in total. The predicted octanol–water partition coefficient (Wildman–Crippen LogP) is 2.10. The molecule has 2 N–H and O–H groups in total. The van der Waals surface area contributed by atoms with Gasteiger partial charge in [-0.3, -0.25) is 0 Å². The molecule has 2 atom stereocenters. The molecule has 1 aliphatic rings. The van der Waals surface area contributed by atoms with Crippen molar-refractivity contribution in [3.63, 3.8) is 0 Å². The molecule has 0 spiro atoms. The van der Waals surface area contributed by atoms with Crippen molar-refractivity contribution in [3.05, 3.63) is 12.2 Å². The first kappa shape index (κ1) is 10.7. The topological polar surface area (TPSA) is 35.2 Å². The van der Waals surface area contributed by atoms with Crippen LogP contribution in [0.3, 0.4) is 0 Å². The quantitative estimate of drug-likeness (QED) is 0.677. The fourth-order valence-corrected chi connectivity index (χ4v) is 1.87. The van der Waals surface area contributed by atoms with Gasteiger partial charge in [0.15, 0.2) is 0 Å². The van der Waals surface area contributed by atoms with Crippen LogP contribution < -0.4 is 5.73 Å². The first-order chi connectivity index (χ1) is 6.34. The average molecular weight is 183 g/mol. The molecule has 0 aromatic heterocycles. The SMILES string of the molecule is CC1CCCCC1OCC=CCN. The molecule has 13 heavy (non-hydrogen) atoms. The number of hydrogen-bond acceptors (Lipinski definition) is 2. The Balaban J connectivity index is 2.15. The van der Waals surface area contributed by atoms with Crippen LogP contribution in [0.25, 0.3) is 0 Å². The zero-order valence-electron chi connectivity index (χ0n) is 8.54. The van der Waals surface area contributed by atoms with Gasteiger partial charge in [-0.2, -0.15) is 0 Å². The van der Waals surface area contributed by atoms with E-state index in [0.717, 1.165) is 12.5 Å². The van der Waals surface area contributed by atoms with E-state index in [1.807, 2.05) is 12.2 Å². The molecule has 1 fully saturated rings. The van der Waals surface area contributed by atoms with E-state index in [9.17, 15) is 0 Å². The summed E-state index contributed by atoms with van der Waals surface area (Å²) >= 11 is 0. The van der Waals surface area contributed by atoms with E-state index in [1.165, 1.54) is 25.7 Å². The van der Waals surface area contributed by atoms with E-state index in [0.29, 0.717) is 12.6 Å². The summed E-state index contributed by atoms with van der Waals surface area (Å²) in [5, 5.41) is 0. The van der Waals surface area contributed by atoms with Crippen molar-refractivity contribution >= 4 is 0 Å². The molecule has 1 aliphatic carbocycles. The molecular formula is C11H21NO. The van der Waals surface area contributed by atoms with Crippen molar-refractivity contribution in [2.75, 3.05) is 13.2 Å². The van der Waals surface area contributed by atoms with Gasteiger partial charge in [-0.25, -0.2) is 0 Å². The molecule has 1 saturated carbocycles. The summed E-state index contributed by atoms with van der Waals surface area (Å²) in [6.45, 7) is 3.63. The Kier molecular flexibility index (Phi) is 5.09. The molecule has 2 unspecified atom stereocenters. The van der Waals surface area contributed by atoms with E-state index in [1.54, 1.807) is 0 Å². The minimum absolute atomic E-state index is 0.483. The molecule has 0 aromatic carbocycles. The van der Waals surface area contributed by atoms with Gasteiger partial charge in [-0.05, 0) is 18.8 Å². The van der Waals surface area contributed by atoms with Crippen LogP contribution in [0, 0.1) is 5.92 Å². The van der Waals surface area contributed by atoms with Gasteiger partial charge in [0.2, 0.25) is 0 Å². The number of rotatable bonds is 4. The predicted molar refractivity (Wildman–Crippen MR) is 55.6 cm³/mol. The molecule has 0 aliphatic heterocycles. The molecule has 0 aromatic rings. The Morgan fingerprint density at radius 2 is 2.08 bits per heavy atom. The second-order valence-electron chi connectivity index (χ2n) is 3.84. The van der Waals surface area contributed by atoms with Crippen molar-refractivity contribution in [1.29, 1.82) is 0 Å². The summed E-state index contributed by atoms with van der Waals surface area (Å²) < 4.78 is 5.75. The van der Waals surface area contributed by atoms with Gasteiger partial charge in [0.1, 0.15) is 0 Å². The molecule has 2 heteroatoms. The molecule has 1 rings (SSSR count). The van der Waals surface area contributed by atoms with Gasteiger partial charge >= 0.3 is 0 Å². The van der Waals surface area contributed by atoms with E-state index in [-0.39, 0.29) is 0 Å². The third-order valence-electron chi connectivity index (χ3n) is 2.74. The minimum Gasteiger partial charge on any atom is -0.374 e. The second-order valence-corrected chi connectivity index (χ2v) is 3.84. The van der Waals surface area contributed by atoms with E-state index in [2.05, 4.69) is 6.92 Å². The van der Waals surface area contributed by atoms with Crippen molar-refractivity contribution < 1.29 is 4.74 Å². The molecule has 76 valence electrons. The second kappa shape index (κ2) is 6.17. The Labute approximate surface area is 81.1 Å². The molecule has 0 saturated heterocycles. The fourth-order valence-electron chi connectivity index (χ4n) is 1.87. The van der Waals surface area contributed by atoms with Crippen LogP contribution in [-0.2, 0) is 4.74 Å². The van der Waals surface area contributed by atoms with E-state index in [4.69, 9.17) is 10.5 Å². The lowest BCUT2D eigenvalue weighted by atomic mass is 9.88. The highest BCUT2D eigenvalue weighted by Gasteiger charge is 2.20. The number of hydrogen-bond donors (Lipinski definition) is 1. The first-order valence-corrected chi connectivity index (χ1v) is 5.31. The molecule has 0 radical (unpaired) electrons. The van der Waals surface area contributed by atoms with Crippen LogP contribution in [0.2, 0.25) is 0 Å². The lowest BCUT2D eigenvalue weighted by molar-refractivity contribution is 0.0103. The lowest BCUT2D eigenvalue weighted by Crippen LogP contribution is -2.25. The fraction of sp³-hybridized carbons (Fsp3) is 0.818. The zero-order valence-corrected chi connectivity index (χ0v) is 8.54. The third-order valence-corrected chi connectivity index (χ3v) is 2.74. The highest BCUT2D eigenvalue weighted by molar-refractivity contribution is 4.83. The average Bonchev–Trinajstić information content (AvgIpc) is 2.15. The first-order valence-electron chi connectivity index (χ1n) is 5.31. The Bertz CT molecular complexity index is 156. The molecular weight excluding hydrogens is 162 g/mol. The lowest BCUT2D eigenvalue weighted by Gasteiger charge is -2.28. The number of nitrogens with two attached hydrogens (primary N) is 1. The van der Waals surface area contributed by atoms with Crippen LogP contribution in [0.1, 0.15) is 32.6 Å². The summed E-state index contributed by atoms with van der Waals surface area (Å²) in [5.74, 6) is 0.736. The highest BCUT2D eigenvalue weighted by atomic mass is 16.5. The van der Waals surface area contributed by atoms with Crippen molar-refractivity contribution in [1.82, 2.24) is 0 Å². The molecule has 0 amide bonds. The van der Waals surface area contributed by atoms with Gasteiger partial charge < -0.3 is 10.5 Å². The third kappa shape index (κ3) is 3.92. The largest absolute Gasteiger partial charge is 0.374 e. The maximum absolute atomic E-state index is 5.75. The Morgan fingerprint density at radius 3 is 2.77 bits per heavy atom.